The number of benzene rings is 2. The van der Waals surface area contributed by atoms with Crippen LogP contribution >= 0.6 is 11.6 Å². The van der Waals surface area contributed by atoms with Crippen LogP contribution in [0.3, 0.4) is 0 Å². The summed E-state index contributed by atoms with van der Waals surface area (Å²) in [5.74, 6) is -0.443. The van der Waals surface area contributed by atoms with E-state index in [9.17, 15) is 18.0 Å². The quantitative estimate of drug-likeness (QED) is 0.858. The zero-order chi connectivity index (χ0) is 16.3. The molecule has 0 aliphatic rings. The maximum Gasteiger partial charge on any atom is 0.416 e. The van der Waals surface area contributed by atoms with Gasteiger partial charge in [-0.15, -0.1) is 0 Å². The van der Waals surface area contributed by atoms with Crippen molar-refractivity contribution in [1.29, 1.82) is 0 Å². The van der Waals surface area contributed by atoms with Gasteiger partial charge in [-0.1, -0.05) is 23.7 Å². The van der Waals surface area contributed by atoms with E-state index in [0.29, 0.717) is 5.02 Å². The van der Waals surface area contributed by atoms with Crippen LogP contribution in [0.1, 0.15) is 34.5 Å². The van der Waals surface area contributed by atoms with Gasteiger partial charge in [0.1, 0.15) is 0 Å². The van der Waals surface area contributed by atoms with Crippen molar-refractivity contribution < 1.29 is 18.0 Å². The minimum atomic E-state index is -4.41. The summed E-state index contributed by atoms with van der Waals surface area (Å²) in [7, 11) is 0. The van der Waals surface area contributed by atoms with Gasteiger partial charge in [0.05, 0.1) is 11.6 Å². The number of carbonyl (C=O) groups is 1. The highest BCUT2D eigenvalue weighted by Gasteiger charge is 2.30. The molecular weight excluding hydrogens is 315 g/mol. The number of nitrogens with one attached hydrogen (secondary N) is 1. The molecule has 22 heavy (non-hydrogen) atoms. The Morgan fingerprint density at radius 1 is 1.14 bits per heavy atom. The maximum atomic E-state index is 12.5. The van der Waals surface area contributed by atoms with Crippen LogP contribution in [0.5, 0.6) is 0 Å². The third-order valence-electron chi connectivity index (χ3n) is 3.17. The Kier molecular flexibility index (Phi) is 4.76. The van der Waals surface area contributed by atoms with Gasteiger partial charge in [-0.3, -0.25) is 4.79 Å². The SMILES string of the molecule is C[C@H](NC(=O)c1ccc(C(F)(F)F)cc1)c1cccc(Cl)c1. The van der Waals surface area contributed by atoms with Crippen LogP contribution in [0, 0.1) is 0 Å². The Balaban J connectivity index is 2.09. The van der Waals surface area contributed by atoms with E-state index in [1.54, 1.807) is 25.1 Å². The molecule has 116 valence electrons. The average Bonchev–Trinajstić information content (AvgIpc) is 2.46. The summed E-state index contributed by atoms with van der Waals surface area (Å²) in [4.78, 5) is 12.0. The highest BCUT2D eigenvalue weighted by molar-refractivity contribution is 6.30. The van der Waals surface area contributed by atoms with E-state index in [-0.39, 0.29) is 11.6 Å². The predicted octanol–water partition coefficient (Wildman–Crippen LogP) is 4.85. The summed E-state index contributed by atoms with van der Waals surface area (Å²) in [6.07, 6.45) is -4.41. The van der Waals surface area contributed by atoms with E-state index >= 15 is 0 Å². The second-order valence-electron chi connectivity index (χ2n) is 4.83. The van der Waals surface area contributed by atoms with Crippen molar-refractivity contribution in [3.05, 3.63) is 70.2 Å². The van der Waals surface area contributed by atoms with Gasteiger partial charge in [-0.05, 0) is 48.9 Å². The molecule has 0 saturated heterocycles. The molecule has 1 atom stereocenters. The Morgan fingerprint density at radius 2 is 1.77 bits per heavy atom. The third kappa shape index (κ3) is 4.01. The summed E-state index contributed by atoms with van der Waals surface area (Å²) < 4.78 is 37.4. The van der Waals surface area contributed by atoms with Gasteiger partial charge in [0.2, 0.25) is 0 Å². The first kappa shape index (κ1) is 16.4. The molecule has 0 bridgehead atoms. The highest BCUT2D eigenvalue weighted by atomic mass is 35.5. The minimum absolute atomic E-state index is 0.168. The Bertz CT molecular complexity index is 668. The standard InChI is InChI=1S/C16H13ClF3NO/c1-10(12-3-2-4-14(17)9-12)21-15(22)11-5-7-13(8-6-11)16(18,19)20/h2-10H,1H3,(H,21,22)/t10-/m0/s1. The molecule has 0 fully saturated rings. The van der Waals surface area contributed by atoms with Crippen molar-refractivity contribution in [1.82, 2.24) is 5.32 Å². The van der Waals surface area contributed by atoms with Crippen LogP contribution < -0.4 is 5.32 Å². The number of amides is 1. The van der Waals surface area contributed by atoms with Gasteiger partial charge in [-0.2, -0.15) is 13.2 Å². The molecule has 2 nitrogen and oxygen atoms in total. The van der Waals surface area contributed by atoms with Crippen molar-refractivity contribution >= 4 is 17.5 Å². The summed E-state index contributed by atoms with van der Waals surface area (Å²) in [5, 5.41) is 3.27. The molecule has 1 N–H and O–H groups in total. The lowest BCUT2D eigenvalue weighted by molar-refractivity contribution is -0.137. The number of hydrogen-bond acceptors (Lipinski definition) is 1. The molecule has 2 aromatic rings. The number of carbonyl (C=O) groups excluding carboxylic acids is 1. The molecule has 2 rings (SSSR count). The number of alkyl halides is 3. The first-order chi connectivity index (χ1) is 10.3. The zero-order valence-electron chi connectivity index (χ0n) is 11.6. The zero-order valence-corrected chi connectivity index (χ0v) is 12.4. The molecule has 0 aromatic heterocycles. The fourth-order valence-corrected chi connectivity index (χ4v) is 2.15. The normalized spacial score (nSPS) is 12.8. The number of rotatable bonds is 3. The molecule has 0 radical (unpaired) electrons. The average molecular weight is 328 g/mol. The van der Waals surface area contributed by atoms with Crippen LogP contribution in [0.2, 0.25) is 5.02 Å². The van der Waals surface area contributed by atoms with Gasteiger partial charge in [0.15, 0.2) is 0 Å². The Hall–Kier alpha value is -2.01. The third-order valence-corrected chi connectivity index (χ3v) is 3.41. The first-order valence-corrected chi connectivity index (χ1v) is 6.89. The summed E-state index contributed by atoms with van der Waals surface area (Å²) in [6, 6.07) is 10.8. The second-order valence-corrected chi connectivity index (χ2v) is 5.26. The molecule has 0 spiro atoms. The summed E-state index contributed by atoms with van der Waals surface area (Å²) in [6.45, 7) is 1.77. The van der Waals surface area contributed by atoms with E-state index in [1.165, 1.54) is 0 Å². The van der Waals surface area contributed by atoms with Crippen LogP contribution in [-0.4, -0.2) is 5.91 Å². The van der Waals surface area contributed by atoms with Gasteiger partial charge < -0.3 is 5.32 Å². The van der Waals surface area contributed by atoms with E-state index in [0.717, 1.165) is 29.8 Å². The second kappa shape index (κ2) is 6.40. The van der Waals surface area contributed by atoms with Crippen molar-refractivity contribution in [2.24, 2.45) is 0 Å². The highest BCUT2D eigenvalue weighted by Crippen LogP contribution is 2.29. The maximum absolute atomic E-state index is 12.5. The number of halogens is 4. The van der Waals surface area contributed by atoms with Crippen LogP contribution in [-0.2, 0) is 6.18 Å². The van der Waals surface area contributed by atoms with E-state index in [4.69, 9.17) is 11.6 Å². The molecule has 6 heteroatoms. The predicted molar refractivity (Wildman–Crippen MR) is 78.8 cm³/mol. The molecule has 0 heterocycles. The lowest BCUT2D eigenvalue weighted by atomic mass is 10.1. The van der Waals surface area contributed by atoms with Gasteiger partial charge in [0.25, 0.3) is 5.91 Å². The molecule has 2 aromatic carbocycles. The molecule has 0 unspecified atom stereocenters. The minimum Gasteiger partial charge on any atom is -0.346 e. The molecule has 0 aliphatic carbocycles. The number of hydrogen-bond donors (Lipinski definition) is 1. The largest absolute Gasteiger partial charge is 0.416 e. The summed E-state index contributed by atoms with van der Waals surface area (Å²) in [5.41, 5.74) is 0.196. The van der Waals surface area contributed by atoms with Gasteiger partial charge in [-0.25, -0.2) is 0 Å². The fraction of sp³-hybridized carbons (Fsp3) is 0.188. The van der Waals surface area contributed by atoms with Gasteiger partial charge in [0, 0.05) is 10.6 Å². The van der Waals surface area contributed by atoms with Crippen LogP contribution in [0.4, 0.5) is 13.2 Å². The van der Waals surface area contributed by atoms with E-state index < -0.39 is 17.6 Å². The molecule has 1 amide bonds. The van der Waals surface area contributed by atoms with E-state index in [2.05, 4.69) is 5.32 Å². The van der Waals surface area contributed by atoms with Crippen molar-refractivity contribution in [3.63, 3.8) is 0 Å². The fourth-order valence-electron chi connectivity index (χ4n) is 1.95. The summed E-state index contributed by atoms with van der Waals surface area (Å²) >= 11 is 5.88. The van der Waals surface area contributed by atoms with E-state index in [1.807, 2.05) is 6.07 Å². The van der Waals surface area contributed by atoms with Gasteiger partial charge >= 0.3 is 6.18 Å². The monoisotopic (exact) mass is 327 g/mol. The Labute approximate surface area is 130 Å². The van der Waals surface area contributed by atoms with Crippen molar-refractivity contribution in [3.8, 4) is 0 Å². The van der Waals surface area contributed by atoms with Crippen molar-refractivity contribution in [2.45, 2.75) is 19.1 Å². The molecular formula is C16H13ClF3NO. The molecule has 0 aliphatic heterocycles. The van der Waals surface area contributed by atoms with Crippen molar-refractivity contribution in [2.75, 3.05) is 0 Å². The smallest absolute Gasteiger partial charge is 0.346 e. The molecule has 0 saturated carbocycles. The van der Waals surface area contributed by atoms with Crippen LogP contribution in [0.25, 0.3) is 0 Å². The lowest BCUT2D eigenvalue weighted by Crippen LogP contribution is -2.26. The first-order valence-electron chi connectivity index (χ1n) is 6.51. The lowest BCUT2D eigenvalue weighted by Gasteiger charge is -2.15. The van der Waals surface area contributed by atoms with Crippen LogP contribution in [0.15, 0.2) is 48.5 Å². The topological polar surface area (TPSA) is 29.1 Å². The Morgan fingerprint density at radius 3 is 2.32 bits per heavy atom.